The van der Waals surface area contributed by atoms with E-state index in [1.54, 1.807) is 6.07 Å². The summed E-state index contributed by atoms with van der Waals surface area (Å²) in [5, 5.41) is 10.9. The fourth-order valence-corrected chi connectivity index (χ4v) is 1.50. The molecule has 0 aliphatic heterocycles. The lowest BCUT2D eigenvalue weighted by Gasteiger charge is -2.02. The molecule has 74 valence electrons. The molecule has 0 fully saturated rings. The van der Waals surface area contributed by atoms with E-state index in [9.17, 15) is 4.79 Å². The molecule has 0 atom stereocenters. The Kier molecular flexibility index (Phi) is 2.26. The van der Waals surface area contributed by atoms with Crippen molar-refractivity contribution in [2.24, 2.45) is 0 Å². The summed E-state index contributed by atoms with van der Waals surface area (Å²) < 4.78 is 0. The van der Waals surface area contributed by atoms with Crippen LogP contribution in [0.5, 0.6) is 0 Å². The highest BCUT2D eigenvalue weighted by Crippen LogP contribution is 2.20. The zero-order chi connectivity index (χ0) is 10.8. The molecule has 0 heterocycles. The number of benzene rings is 2. The second kappa shape index (κ2) is 3.58. The van der Waals surface area contributed by atoms with Crippen molar-refractivity contribution < 1.29 is 9.90 Å². The number of hydrogen-bond acceptors (Lipinski definition) is 1. The maximum Gasteiger partial charge on any atom is 0.335 e. The fraction of sp³-hybridized carbons (Fsp3) is 0. The Morgan fingerprint density at radius 2 is 1.73 bits per heavy atom. The number of carboxylic acid groups (broad SMARTS) is 1. The van der Waals surface area contributed by atoms with Gasteiger partial charge in [-0.05, 0) is 22.4 Å². The van der Waals surface area contributed by atoms with Crippen LogP contribution in [0.2, 0.25) is 0 Å². The molecule has 0 aromatic heterocycles. The number of aliphatic carboxylic acids is 1. The Bertz CT molecular complexity index is 541. The highest BCUT2D eigenvalue weighted by atomic mass is 16.4. The summed E-state index contributed by atoms with van der Waals surface area (Å²) in [6.07, 6.45) is 0. The Balaban J connectivity index is 2.56. The summed E-state index contributed by atoms with van der Waals surface area (Å²) in [7, 11) is 0. The van der Waals surface area contributed by atoms with Crippen molar-refractivity contribution in [1.29, 1.82) is 0 Å². The van der Waals surface area contributed by atoms with Gasteiger partial charge in [0.25, 0.3) is 0 Å². The van der Waals surface area contributed by atoms with E-state index in [4.69, 9.17) is 5.11 Å². The Labute approximate surface area is 87.5 Å². The van der Waals surface area contributed by atoms with Crippen LogP contribution >= 0.6 is 0 Å². The highest BCUT2D eigenvalue weighted by Gasteiger charge is 2.06. The summed E-state index contributed by atoms with van der Waals surface area (Å²) in [5.41, 5.74) is 0.780. The third-order valence-corrected chi connectivity index (χ3v) is 2.36. The van der Waals surface area contributed by atoms with Gasteiger partial charge in [-0.3, -0.25) is 0 Å². The van der Waals surface area contributed by atoms with E-state index in [1.165, 1.54) is 0 Å². The lowest BCUT2D eigenvalue weighted by molar-refractivity contribution is -0.130. The molecule has 1 N–H and O–H groups in total. The minimum atomic E-state index is -0.981. The molecule has 2 nitrogen and oxygen atoms in total. The third kappa shape index (κ3) is 1.74. The topological polar surface area (TPSA) is 37.3 Å². The summed E-state index contributed by atoms with van der Waals surface area (Å²) in [6.45, 7) is 3.53. The highest BCUT2D eigenvalue weighted by molar-refractivity contribution is 6.15. The van der Waals surface area contributed by atoms with Crippen molar-refractivity contribution in [3.63, 3.8) is 0 Å². The standard InChI is InChI=1S/C13H10O2/c1-9(13(14)15)11-7-6-10-4-2-3-5-12(10)8-11/h2-8H,1H2,(H,14,15). The Morgan fingerprint density at radius 3 is 2.40 bits per heavy atom. The minimum absolute atomic E-state index is 0.126. The van der Waals surface area contributed by atoms with Gasteiger partial charge in [-0.25, -0.2) is 4.79 Å². The molecule has 2 rings (SSSR count). The number of carboxylic acids is 1. The third-order valence-electron chi connectivity index (χ3n) is 2.36. The van der Waals surface area contributed by atoms with Crippen LogP contribution in [0.1, 0.15) is 5.56 Å². The molecule has 2 aromatic rings. The van der Waals surface area contributed by atoms with Gasteiger partial charge in [0.05, 0.1) is 5.57 Å². The molecule has 2 heteroatoms. The summed E-state index contributed by atoms with van der Waals surface area (Å²) in [6, 6.07) is 13.3. The zero-order valence-corrected chi connectivity index (χ0v) is 8.10. The molecule has 0 spiro atoms. The van der Waals surface area contributed by atoms with E-state index in [0.29, 0.717) is 5.56 Å². The molecule has 2 aromatic carbocycles. The summed E-state index contributed by atoms with van der Waals surface area (Å²) in [5.74, 6) is -0.981. The van der Waals surface area contributed by atoms with Gasteiger partial charge in [-0.1, -0.05) is 43.0 Å². The first-order valence-corrected chi connectivity index (χ1v) is 4.60. The number of hydrogen-bond donors (Lipinski definition) is 1. The summed E-state index contributed by atoms with van der Waals surface area (Å²) >= 11 is 0. The van der Waals surface area contributed by atoms with Gasteiger partial charge in [-0.15, -0.1) is 0 Å². The molecule has 0 amide bonds. The largest absolute Gasteiger partial charge is 0.478 e. The average molecular weight is 198 g/mol. The minimum Gasteiger partial charge on any atom is -0.478 e. The zero-order valence-electron chi connectivity index (χ0n) is 8.10. The Hall–Kier alpha value is -2.09. The molecular weight excluding hydrogens is 188 g/mol. The molecule has 0 aliphatic carbocycles. The molecular formula is C13H10O2. The smallest absolute Gasteiger partial charge is 0.335 e. The Morgan fingerprint density at radius 1 is 1.07 bits per heavy atom. The van der Waals surface area contributed by atoms with Crippen molar-refractivity contribution in [2.75, 3.05) is 0 Å². The van der Waals surface area contributed by atoms with E-state index in [-0.39, 0.29) is 5.57 Å². The maximum absolute atomic E-state index is 10.7. The molecule has 0 saturated carbocycles. The molecule has 0 saturated heterocycles. The van der Waals surface area contributed by atoms with Gasteiger partial charge < -0.3 is 5.11 Å². The molecule has 0 aliphatic rings. The molecule has 0 radical (unpaired) electrons. The monoisotopic (exact) mass is 198 g/mol. The van der Waals surface area contributed by atoms with Crippen molar-refractivity contribution in [2.45, 2.75) is 0 Å². The van der Waals surface area contributed by atoms with Gasteiger partial charge in [0.1, 0.15) is 0 Å². The predicted octanol–water partition coefficient (Wildman–Crippen LogP) is 2.94. The average Bonchev–Trinajstić information content (AvgIpc) is 2.27. The van der Waals surface area contributed by atoms with Gasteiger partial charge in [0.15, 0.2) is 0 Å². The lowest BCUT2D eigenvalue weighted by atomic mass is 10.0. The van der Waals surface area contributed by atoms with Crippen LogP contribution in [0.4, 0.5) is 0 Å². The van der Waals surface area contributed by atoms with Crippen LogP contribution in [0.25, 0.3) is 16.3 Å². The van der Waals surface area contributed by atoms with Gasteiger partial charge >= 0.3 is 5.97 Å². The number of fused-ring (bicyclic) bond motifs is 1. The van der Waals surface area contributed by atoms with E-state index in [2.05, 4.69) is 6.58 Å². The van der Waals surface area contributed by atoms with Crippen molar-refractivity contribution in [3.8, 4) is 0 Å². The maximum atomic E-state index is 10.7. The van der Waals surface area contributed by atoms with Gasteiger partial charge in [-0.2, -0.15) is 0 Å². The van der Waals surface area contributed by atoms with Crippen LogP contribution in [0.3, 0.4) is 0 Å². The van der Waals surface area contributed by atoms with E-state index < -0.39 is 5.97 Å². The van der Waals surface area contributed by atoms with Crippen LogP contribution < -0.4 is 0 Å². The van der Waals surface area contributed by atoms with E-state index in [0.717, 1.165) is 10.8 Å². The molecule has 0 bridgehead atoms. The second-order valence-corrected chi connectivity index (χ2v) is 3.35. The van der Waals surface area contributed by atoms with Crippen LogP contribution in [-0.4, -0.2) is 11.1 Å². The lowest BCUT2D eigenvalue weighted by Crippen LogP contribution is -1.97. The van der Waals surface area contributed by atoms with Crippen molar-refractivity contribution >= 4 is 22.3 Å². The van der Waals surface area contributed by atoms with Gasteiger partial charge in [0, 0.05) is 0 Å². The first kappa shape index (κ1) is 9.46. The first-order chi connectivity index (χ1) is 7.18. The van der Waals surface area contributed by atoms with Crippen LogP contribution in [0, 0.1) is 0 Å². The molecule has 0 unspecified atom stereocenters. The molecule has 15 heavy (non-hydrogen) atoms. The van der Waals surface area contributed by atoms with E-state index >= 15 is 0 Å². The summed E-state index contributed by atoms with van der Waals surface area (Å²) in [4.78, 5) is 10.7. The van der Waals surface area contributed by atoms with Crippen molar-refractivity contribution in [3.05, 3.63) is 54.6 Å². The quantitative estimate of drug-likeness (QED) is 0.753. The van der Waals surface area contributed by atoms with Crippen LogP contribution in [-0.2, 0) is 4.79 Å². The normalized spacial score (nSPS) is 10.1. The van der Waals surface area contributed by atoms with Crippen LogP contribution in [0.15, 0.2) is 49.0 Å². The number of carbonyl (C=O) groups is 1. The predicted molar refractivity (Wildman–Crippen MR) is 60.6 cm³/mol. The number of rotatable bonds is 2. The fourth-order valence-electron chi connectivity index (χ4n) is 1.50. The SMILES string of the molecule is C=C(C(=O)O)c1ccc2ccccc2c1. The van der Waals surface area contributed by atoms with E-state index in [1.807, 2.05) is 36.4 Å². The van der Waals surface area contributed by atoms with Crippen molar-refractivity contribution in [1.82, 2.24) is 0 Å². The van der Waals surface area contributed by atoms with Gasteiger partial charge in [0.2, 0.25) is 0 Å². The second-order valence-electron chi connectivity index (χ2n) is 3.35. The first-order valence-electron chi connectivity index (χ1n) is 4.60.